The third kappa shape index (κ3) is 1.52. The summed E-state index contributed by atoms with van der Waals surface area (Å²) in [5, 5.41) is 0.126. The molecule has 0 unspecified atom stereocenters. The van der Waals surface area contributed by atoms with Crippen LogP contribution >= 0.6 is 27.5 Å². The number of hydrogen-bond donors (Lipinski definition) is 1. The van der Waals surface area contributed by atoms with Crippen molar-refractivity contribution in [3.8, 4) is 0 Å². The molecule has 0 aliphatic rings. The molecule has 0 saturated heterocycles. The van der Waals surface area contributed by atoms with Gasteiger partial charge in [-0.25, -0.2) is 4.98 Å². The van der Waals surface area contributed by atoms with Gasteiger partial charge in [0.25, 0.3) is 0 Å². The normalized spacial score (nSPS) is 9.64. The number of rotatable bonds is 1. The maximum Gasteiger partial charge on any atom is 0.155 e. The number of anilines is 1. The lowest BCUT2D eigenvalue weighted by Crippen LogP contribution is -1.96. The zero-order valence-electron chi connectivity index (χ0n) is 5.34. The lowest BCUT2D eigenvalue weighted by molar-refractivity contribution is 0.112. The Labute approximate surface area is 76.7 Å². The third-order valence-corrected chi connectivity index (χ3v) is 2.11. The highest BCUT2D eigenvalue weighted by atomic mass is 79.9. The smallest absolute Gasteiger partial charge is 0.155 e. The number of carbonyl (C=O) groups is 1. The van der Waals surface area contributed by atoms with Crippen molar-refractivity contribution < 1.29 is 4.79 Å². The Hall–Kier alpha value is -0.610. The van der Waals surface area contributed by atoms with Gasteiger partial charge in [-0.2, -0.15) is 0 Å². The maximum atomic E-state index is 10.4. The summed E-state index contributed by atoms with van der Waals surface area (Å²) in [7, 11) is 0. The van der Waals surface area contributed by atoms with Crippen LogP contribution in [0.2, 0.25) is 5.15 Å². The average molecular weight is 235 g/mol. The van der Waals surface area contributed by atoms with Crippen LogP contribution in [0.3, 0.4) is 0 Å². The Kier molecular flexibility index (Phi) is 2.46. The molecule has 2 N–H and O–H groups in total. The molecule has 58 valence electrons. The Bertz CT molecular complexity index is 303. The summed E-state index contributed by atoms with van der Waals surface area (Å²) in [5.41, 5.74) is 6.03. The van der Waals surface area contributed by atoms with E-state index in [4.69, 9.17) is 17.3 Å². The van der Waals surface area contributed by atoms with Crippen molar-refractivity contribution in [2.45, 2.75) is 0 Å². The first-order valence-corrected chi connectivity index (χ1v) is 3.88. The molecule has 0 aliphatic carbocycles. The number of pyridine rings is 1. The summed E-state index contributed by atoms with van der Waals surface area (Å²) in [6.07, 6.45) is 2.03. The summed E-state index contributed by atoms with van der Waals surface area (Å²) >= 11 is 8.67. The number of nitrogens with two attached hydrogens (primary N) is 1. The fourth-order valence-corrected chi connectivity index (χ4v) is 1.12. The van der Waals surface area contributed by atoms with Crippen LogP contribution in [0.15, 0.2) is 10.7 Å². The summed E-state index contributed by atoms with van der Waals surface area (Å²) in [6.45, 7) is 0. The van der Waals surface area contributed by atoms with Crippen LogP contribution in [-0.2, 0) is 0 Å². The zero-order chi connectivity index (χ0) is 8.43. The SMILES string of the molecule is Nc1c(Br)cnc(Cl)c1C=O. The van der Waals surface area contributed by atoms with Crippen LogP contribution < -0.4 is 5.73 Å². The van der Waals surface area contributed by atoms with Gasteiger partial charge in [0.1, 0.15) is 5.15 Å². The van der Waals surface area contributed by atoms with E-state index in [0.717, 1.165) is 0 Å². The molecule has 0 atom stereocenters. The molecule has 1 aromatic heterocycles. The monoisotopic (exact) mass is 234 g/mol. The quantitative estimate of drug-likeness (QED) is 0.597. The van der Waals surface area contributed by atoms with Gasteiger partial charge in [0.05, 0.1) is 15.7 Å². The number of aldehydes is 1. The van der Waals surface area contributed by atoms with Crippen LogP contribution in [0.5, 0.6) is 0 Å². The molecule has 0 saturated carbocycles. The second-order valence-electron chi connectivity index (χ2n) is 1.84. The highest BCUT2D eigenvalue weighted by Gasteiger charge is 2.07. The van der Waals surface area contributed by atoms with E-state index < -0.39 is 0 Å². The van der Waals surface area contributed by atoms with E-state index in [1.54, 1.807) is 0 Å². The predicted octanol–water partition coefficient (Wildman–Crippen LogP) is 1.89. The highest BCUT2D eigenvalue weighted by molar-refractivity contribution is 9.10. The molecule has 0 radical (unpaired) electrons. The van der Waals surface area contributed by atoms with Gasteiger partial charge >= 0.3 is 0 Å². The molecule has 0 fully saturated rings. The Balaban J connectivity index is 3.40. The van der Waals surface area contributed by atoms with E-state index in [9.17, 15) is 4.79 Å². The summed E-state index contributed by atoms with van der Waals surface area (Å²) in [4.78, 5) is 14.1. The van der Waals surface area contributed by atoms with Gasteiger partial charge in [-0.15, -0.1) is 0 Å². The molecule has 1 rings (SSSR count). The van der Waals surface area contributed by atoms with Crippen LogP contribution in [0.4, 0.5) is 5.69 Å². The van der Waals surface area contributed by atoms with Crippen LogP contribution in [0.25, 0.3) is 0 Å². The van der Waals surface area contributed by atoms with Crippen molar-refractivity contribution in [2.75, 3.05) is 5.73 Å². The van der Waals surface area contributed by atoms with Gasteiger partial charge in [0.2, 0.25) is 0 Å². The first kappa shape index (κ1) is 8.49. The molecule has 0 amide bonds. The van der Waals surface area contributed by atoms with Crippen molar-refractivity contribution >= 4 is 39.5 Å². The Morgan fingerprint density at radius 2 is 2.36 bits per heavy atom. The van der Waals surface area contributed by atoms with Gasteiger partial charge in [0.15, 0.2) is 6.29 Å². The van der Waals surface area contributed by atoms with Gasteiger partial charge in [-0.1, -0.05) is 11.6 Å². The molecule has 0 spiro atoms. The lowest BCUT2D eigenvalue weighted by atomic mass is 10.3. The molecular weight excluding hydrogens is 231 g/mol. The van der Waals surface area contributed by atoms with E-state index in [1.807, 2.05) is 0 Å². The molecule has 3 nitrogen and oxygen atoms in total. The van der Waals surface area contributed by atoms with Crippen LogP contribution in [0.1, 0.15) is 10.4 Å². The van der Waals surface area contributed by atoms with Gasteiger partial charge in [-0.05, 0) is 15.9 Å². The number of nitrogen functional groups attached to an aromatic ring is 1. The highest BCUT2D eigenvalue weighted by Crippen LogP contribution is 2.25. The molecule has 5 heteroatoms. The topological polar surface area (TPSA) is 56.0 Å². The van der Waals surface area contributed by atoms with E-state index in [2.05, 4.69) is 20.9 Å². The minimum absolute atomic E-state index is 0.126. The zero-order valence-corrected chi connectivity index (χ0v) is 7.69. The molecule has 1 aromatic rings. The summed E-state index contributed by atoms with van der Waals surface area (Å²) in [6, 6.07) is 0. The fourth-order valence-electron chi connectivity index (χ4n) is 0.604. The van der Waals surface area contributed by atoms with Crippen LogP contribution in [-0.4, -0.2) is 11.3 Å². The lowest BCUT2D eigenvalue weighted by Gasteiger charge is -2.01. The molecular formula is C6H4BrClN2O. The number of hydrogen-bond acceptors (Lipinski definition) is 3. The van der Waals surface area contributed by atoms with Gasteiger partial charge in [-0.3, -0.25) is 4.79 Å². The maximum absolute atomic E-state index is 10.4. The van der Waals surface area contributed by atoms with Gasteiger partial charge < -0.3 is 5.73 Å². The minimum Gasteiger partial charge on any atom is -0.397 e. The number of carbonyl (C=O) groups excluding carboxylic acids is 1. The average Bonchev–Trinajstić information content (AvgIpc) is 1.99. The second kappa shape index (κ2) is 3.19. The van der Waals surface area contributed by atoms with Crippen molar-refractivity contribution in [1.29, 1.82) is 0 Å². The van der Waals surface area contributed by atoms with Crippen molar-refractivity contribution in [1.82, 2.24) is 4.98 Å². The second-order valence-corrected chi connectivity index (χ2v) is 3.05. The summed E-state index contributed by atoms with van der Waals surface area (Å²) < 4.78 is 0.573. The first-order valence-electron chi connectivity index (χ1n) is 2.71. The predicted molar refractivity (Wildman–Crippen MR) is 46.7 cm³/mol. The third-order valence-electron chi connectivity index (χ3n) is 1.18. The van der Waals surface area contributed by atoms with Crippen LogP contribution in [0, 0.1) is 0 Å². The van der Waals surface area contributed by atoms with E-state index >= 15 is 0 Å². The van der Waals surface area contributed by atoms with Gasteiger partial charge in [0, 0.05) is 6.20 Å². The van der Waals surface area contributed by atoms with Crippen molar-refractivity contribution in [2.24, 2.45) is 0 Å². The number of aromatic nitrogens is 1. The Morgan fingerprint density at radius 3 is 2.82 bits per heavy atom. The largest absolute Gasteiger partial charge is 0.397 e. The summed E-state index contributed by atoms with van der Waals surface area (Å²) in [5.74, 6) is 0. The molecule has 0 aliphatic heterocycles. The minimum atomic E-state index is 0.126. The molecule has 0 aromatic carbocycles. The molecule has 11 heavy (non-hydrogen) atoms. The fraction of sp³-hybridized carbons (Fsp3) is 0. The molecule has 1 heterocycles. The number of nitrogens with zero attached hydrogens (tertiary/aromatic N) is 1. The van der Waals surface area contributed by atoms with E-state index in [-0.39, 0.29) is 10.7 Å². The Morgan fingerprint density at radius 1 is 1.73 bits per heavy atom. The molecule has 0 bridgehead atoms. The van der Waals surface area contributed by atoms with E-state index in [1.165, 1.54) is 6.20 Å². The van der Waals surface area contributed by atoms with Crippen molar-refractivity contribution in [3.05, 3.63) is 21.4 Å². The first-order chi connectivity index (χ1) is 5.16. The standard InChI is InChI=1S/C6H4BrClN2O/c7-4-1-10-6(8)3(2-11)5(4)9/h1-2H,(H2,9,10). The van der Waals surface area contributed by atoms with Crippen molar-refractivity contribution in [3.63, 3.8) is 0 Å². The van der Waals surface area contributed by atoms with E-state index in [0.29, 0.717) is 16.4 Å². The number of halogens is 2.